The lowest BCUT2D eigenvalue weighted by atomic mass is 10.0. The maximum absolute atomic E-state index is 12.3. The normalized spacial score (nSPS) is 16.8. The van der Waals surface area contributed by atoms with Crippen LogP contribution in [0.25, 0.3) is 0 Å². The van der Waals surface area contributed by atoms with Crippen LogP contribution >= 0.6 is 0 Å². The van der Waals surface area contributed by atoms with Gasteiger partial charge in [0, 0.05) is 0 Å². The third-order valence-corrected chi connectivity index (χ3v) is 3.62. The van der Waals surface area contributed by atoms with Crippen LogP contribution in [0.15, 0.2) is 0 Å². The number of amides is 3. The summed E-state index contributed by atoms with van der Waals surface area (Å²) in [6.45, 7) is 5.18. The molecule has 0 radical (unpaired) electrons. The van der Waals surface area contributed by atoms with E-state index in [1.54, 1.807) is 13.8 Å². The number of carbonyl (C=O) groups is 4. The Labute approximate surface area is 151 Å². The van der Waals surface area contributed by atoms with Crippen molar-refractivity contribution in [2.45, 2.75) is 58.0 Å². The molecule has 0 aromatic rings. The van der Waals surface area contributed by atoms with Gasteiger partial charge in [-0.1, -0.05) is 13.8 Å². The number of hydrogen-bond donors (Lipinski definition) is 7. The Bertz CT molecular complexity index is 524. The van der Waals surface area contributed by atoms with E-state index in [0.717, 1.165) is 0 Å². The highest BCUT2D eigenvalue weighted by Gasteiger charge is 2.30. The van der Waals surface area contributed by atoms with E-state index in [1.165, 1.54) is 13.8 Å². The van der Waals surface area contributed by atoms with E-state index in [1.807, 2.05) is 0 Å². The second-order valence-corrected chi connectivity index (χ2v) is 6.31. The molecule has 5 unspecified atom stereocenters. The van der Waals surface area contributed by atoms with Crippen molar-refractivity contribution in [3.8, 4) is 0 Å². The fraction of sp³-hybridized carbons (Fsp3) is 0.733. The Morgan fingerprint density at radius 1 is 0.923 bits per heavy atom. The highest BCUT2D eigenvalue weighted by Crippen LogP contribution is 2.04. The second-order valence-electron chi connectivity index (χ2n) is 6.31. The molecule has 0 spiro atoms. The van der Waals surface area contributed by atoms with Crippen molar-refractivity contribution in [2.24, 2.45) is 11.7 Å². The Morgan fingerprint density at radius 2 is 1.46 bits per heavy atom. The van der Waals surface area contributed by atoms with Crippen LogP contribution in [0.4, 0.5) is 0 Å². The molecule has 5 atom stereocenters. The van der Waals surface area contributed by atoms with E-state index in [4.69, 9.17) is 15.9 Å². The number of aliphatic hydroxyl groups is 2. The number of rotatable bonds is 10. The molecule has 0 aromatic carbocycles. The van der Waals surface area contributed by atoms with E-state index >= 15 is 0 Å². The minimum Gasteiger partial charge on any atom is -0.480 e. The number of hydrogen-bond acceptors (Lipinski definition) is 7. The molecule has 0 aliphatic carbocycles. The lowest BCUT2D eigenvalue weighted by molar-refractivity contribution is -0.143. The van der Waals surface area contributed by atoms with Crippen LogP contribution < -0.4 is 21.7 Å². The van der Waals surface area contributed by atoms with Gasteiger partial charge in [-0.15, -0.1) is 0 Å². The predicted molar refractivity (Wildman–Crippen MR) is 90.7 cm³/mol. The first-order valence-electron chi connectivity index (χ1n) is 8.10. The Morgan fingerprint density at radius 3 is 1.85 bits per heavy atom. The molecule has 0 heterocycles. The number of aliphatic hydroxyl groups excluding tert-OH is 2. The van der Waals surface area contributed by atoms with E-state index in [-0.39, 0.29) is 5.92 Å². The van der Waals surface area contributed by atoms with Crippen LogP contribution in [0.5, 0.6) is 0 Å². The van der Waals surface area contributed by atoms with Gasteiger partial charge >= 0.3 is 5.97 Å². The number of carboxylic acid groups (broad SMARTS) is 1. The predicted octanol–water partition coefficient (Wildman–Crippen LogP) is -3.10. The van der Waals surface area contributed by atoms with Crippen molar-refractivity contribution in [1.82, 2.24) is 16.0 Å². The lowest BCUT2D eigenvalue weighted by Gasteiger charge is -2.26. The van der Waals surface area contributed by atoms with Gasteiger partial charge in [0.1, 0.15) is 24.2 Å². The summed E-state index contributed by atoms with van der Waals surface area (Å²) in [5, 5.41) is 33.9. The zero-order valence-electron chi connectivity index (χ0n) is 15.2. The topological polar surface area (TPSA) is 191 Å². The van der Waals surface area contributed by atoms with Gasteiger partial charge in [0.25, 0.3) is 0 Å². The van der Waals surface area contributed by atoms with E-state index in [2.05, 4.69) is 16.0 Å². The van der Waals surface area contributed by atoms with Gasteiger partial charge in [0.15, 0.2) is 0 Å². The van der Waals surface area contributed by atoms with Crippen molar-refractivity contribution in [2.75, 3.05) is 6.61 Å². The first-order valence-corrected chi connectivity index (χ1v) is 8.10. The van der Waals surface area contributed by atoms with Gasteiger partial charge in [0.05, 0.1) is 12.7 Å². The average Bonchev–Trinajstić information content (AvgIpc) is 2.54. The Kier molecular flexibility index (Phi) is 9.76. The summed E-state index contributed by atoms with van der Waals surface area (Å²) in [6, 6.07) is -4.84. The summed E-state index contributed by atoms with van der Waals surface area (Å²) in [4.78, 5) is 47.0. The summed E-state index contributed by atoms with van der Waals surface area (Å²) in [7, 11) is 0. The smallest absolute Gasteiger partial charge is 0.328 e. The molecule has 11 heteroatoms. The van der Waals surface area contributed by atoms with Crippen molar-refractivity contribution >= 4 is 23.7 Å². The molecule has 0 fully saturated rings. The third kappa shape index (κ3) is 7.33. The molecule has 0 aliphatic heterocycles. The summed E-state index contributed by atoms with van der Waals surface area (Å²) in [5.41, 5.74) is 5.52. The number of carboxylic acids is 1. The number of aliphatic carboxylic acids is 1. The zero-order valence-corrected chi connectivity index (χ0v) is 15.2. The van der Waals surface area contributed by atoms with Gasteiger partial charge in [-0.3, -0.25) is 14.4 Å². The molecule has 26 heavy (non-hydrogen) atoms. The van der Waals surface area contributed by atoms with Crippen molar-refractivity contribution < 1.29 is 34.5 Å². The van der Waals surface area contributed by atoms with Gasteiger partial charge < -0.3 is 37.0 Å². The molecular formula is C15H28N4O7. The van der Waals surface area contributed by atoms with Crippen LogP contribution in [0.1, 0.15) is 27.7 Å². The summed E-state index contributed by atoms with van der Waals surface area (Å²) in [6.07, 6.45) is -1.11. The quantitative estimate of drug-likeness (QED) is 0.208. The SMILES string of the molecule is CC(NC(=O)C(NC(=O)C(N)C(C)O)C(C)C)C(=O)NC(CO)C(=O)O. The number of carbonyl (C=O) groups excluding carboxylic acids is 3. The molecule has 0 saturated heterocycles. The molecule has 0 aromatic heterocycles. The van der Waals surface area contributed by atoms with Gasteiger partial charge in [-0.25, -0.2) is 4.79 Å². The lowest BCUT2D eigenvalue weighted by Crippen LogP contribution is -2.59. The highest BCUT2D eigenvalue weighted by atomic mass is 16.4. The molecule has 11 nitrogen and oxygen atoms in total. The molecule has 150 valence electrons. The maximum Gasteiger partial charge on any atom is 0.328 e. The van der Waals surface area contributed by atoms with Gasteiger partial charge in [0.2, 0.25) is 17.7 Å². The largest absolute Gasteiger partial charge is 0.480 e. The first-order chi connectivity index (χ1) is 11.9. The summed E-state index contributed by atoms with van der Waals surface area (Å²) < 4.78 is 0. The fourth-order valence-corrected chi connectivity index (χ4v) is 1.85. The zero-order chi connectivity index (χ0) is 20.6. The first kappa shape index (κ1) is 23.8. The third-order valence-electron chi connectivity index (χ3n) is 3.62. The van der Waals surface area contributed by atoms with E-state index in [0.29, 0.717) is 0 Å². The van der Waals surface area contributed by atoms with Crippen molar-refractivity contribution in [3.63, 3.8) is 0 Å². The second kappa shape index (κ2) is 10.7. The van der Waals surface area contributed by atoms with Gasteiger partial charge in [-0.05, 0) is 19.8 Å². The van der Waals surface area contributed by atoms with Crippen LogP contribution in [-0.2, 0) is 19.2 Å². The molecule has 8 N–H and O–H groups in total. The minimum absolute atomic E-state index is 0.348. The van der Waals surface area contributed by atoms with Gasteiger partial charge in [-0.2, -0.15) is 0 Å². The molecule has 0 bridgehead atoms. The summed E-state index contributed by atoms with van der Waals surface area (Å²) in [5.74, 6) is -3.98. The molecule has 0 rings (SSSR count). The molecular weight excluding hydrogens is 348 g/mol. The van der Waals surface area contributed by atoms with Crippen molar-refractivity contribution in [3.05, 3.63) is 0 Å². The standard InChI is InChI=1S/C15H28N4O7/c1-6(2)11(19-13(23)10(16)8(4)21)14(24)17-7(3)12(22)18-9(5-20)15(25)26/h6-11,20-21H,5,16H2,1-4H3,(H,17,24)(H,18,22)(H,19,23)(H,25,26). The maximum atomic E-state index is 12.3. The monoisotopic (exact) mass is 376 g/mol. The Hall–Kier alpha value is -2.24. The average molecular weight is 376 g/mol. The molecule has 0 saturated carbocycles. The van der Waals surface area contributed by atoms with Crippen LogP contribution in [0.3, 0.4) is 0 Å². The van der Waals surface area contributed by atoms with Crippen LogP contribution in [-0.4, -0.2) is 75.9 Å². The molecule has 3 amide bonds. The minimum atomic E-state index is -1.49. The summed E-state index contributed by atoms with van der Waals surface area (Å²) >= 11 is 0. The van der Waals surface area contributed by atoms with E-state index < -0.39 is 60.6 Å². The van der Waals surface area contributed by atoms with Crippen LogP contribution in [0.2, 0.25) is 0 Å². The number of nitrogens with one attached hydrogen (secondary N) is 3. The fourth-order valence-electron chi connectivity index (χ4n) is 1.85. The van der Waals surface area contributed by atoms with Crippen molar-refractivity contribution in [1.29, 1.82) is 0 Å². The highest BCUT2D eigenvalue weighted by molar-refractivity contribution is 5.94. The van der Waals surface area contributed by atoms with E-state index in [9.17, 15) is 24.3 Å². The van der Waals surface area contributed by atoms with Crippen LogP contribution in [0, 0.1) is 5.92 Å². The molecule has 0 aliphatic rings. The Balaban J connectivity index is 4.92. The number of nitrogens with two attached hydrogens (primary N) is 1.